The van der Waals surface area contributed by atoms with Crippen LogP contribution >= 0.6 is 0 Å². The number of hydrogen-bond acceptors (Lipinski definition) is 5. The number of nitrogens with zero attached hydrogens (tertiary/aromatic N) is 1. The van der Waals surface area contributed by atoms with Gasteiger partial charge < -0.3 is 19.1 Å². The maximum Gasteiger partial charge on any atom is 0.410 e. The van der Waals surface area contributed by atoms with Crippen molar-refractivity contribution in [1.82, 2.24) is 4.90 Å². The lowest BCUT2D eigenvalue weighted by Crippen LogP contribution is -2.36. The Bertz CT molecular complexity index is 611. The summed E-state index contributed by atoms with van der Waals surface area (Å²) in [5.41, 5.74) is 0.232. The largest absolute Gasteiger partial charge is 0.467 e. The summed E-state index contributed by atoms with van der Waals surface area (Å²) in [6.45, 7) is 5.83. The predicted molar refractivity (Wildman–Crippen MR) is 88.7 cm³/mol. The Balaban J connectivity index is 2.13. The molecule has 1 aliphatic heterocycles. The van der Waals surface area contributed by atoms with Gasteiger partial charge in [0.1, 0.15) is 18.0 Å². The standard InChI is InChI=1S/C18H24FNO5/c1-18(2,3)25-17(22)20-9-14(12-5-7-13(19)8-6-12)15(10-20)24-11-16(21)23-4/h5-8,14-15H,9-11H2,1-4H3. The van der Waals surface area contributed by atoms with Crippen molar-refractivity contribution >= 4 is 12.1 Å². The number of likely N-dealkylation sites (tertiary alicyclic amines) is 1. The van der Waals surface area contributed by atoms with Gasteiger partial charge in [-0.3, -0.25) is 0 Å². The van der Waals surface area contributed by atoms with Crippen LogP contribution in [0.3, 0.4) is 0 Å². The van der Waals surface area contributed by atoms with Crippen molar-refractivity contribution in [2.45, 2.75) is 38.4 Å². The first-order valence-electron chi connectivity index (χ1n) is 8.11. The van der Waals surface area contributed by atoms with Gasteiger partial charge in [0.2, 0.25) is 0 Å². The van der Waals surface area contributed by atoms with Crippen LogP contribution in [0.1, 0.15) is 32.3 Å². The molecule has 2 rings (SSSR count). The summed E-state index contributed by atoms with van der Waals surface area (Å²) in [5, 5.41) is 0. The maximum atomic E-state index is 13.2. The van der Waals surface area contributed by atoms with Crippen molar-refractivity contribution in [3.05, 3.63) is 35.6 Å². The van der Waals surface area contributed by atoms with Gasteiger partial charge in [-0.15, -0.1) is 0 Å². The zero-order valence-corrected chi connectivity index (χ0v) is 15.0. The average molecular weight is 353 g/mol. The third-order valence-electron chi connectivity index (χ3n) is 3.86. The van der Waals surface area contributed by atoms with Crippen LogP contribution in [0, 0.1) is 5.82 Å². The zero-order chi connectivity index (χ0) is 18.6. The molecule has 0 aliphatic carbocycles. The van der Waals surface area contributed by atoms with Crippen molar-refractivity contribution in [2.24, 2.45) is 0 Å². The zero-order valence-electron chi connectivity index (χ0n) is 15.0. The van der Waals surface area contributed by atoms with Crippen LogP contribution in [0.5, 0.6) is 0 Å². The van der Waals surface area contributed by atoms with Gasteiger partial charge in [0.15, 0.2) is 0 Å². The lowest BCUT2D eigenvalue weighted by Gasteiger charge is -2.24. The van der Waals surface area contributed by atoms with Gasteiger partial charge in [-0.2, -0.15) is 0 Å². The average Bonchev–Trinajstić information content (AvgIpc) is 2.96. The van der Waals surface area contributed by atoms with Crippen LogP contribution in [0.2, 0.25) is 0 Å². The monoisotopic (exact) mass is 353 g/mol. The van der Waals surface area contributed by atoms with Crippen LogP contribution < -0.4 is 0 Å². The van der Waals surface area contributed by atoms with Crippen LogP contribution in [-0.4, -0.2) is 55.5 Å². The summed E-state index contributed by atoms with van der Waals surface area (Å²) in [6, 6.07) is 6.05. The molecule has 138 valence electrons. The van der Waals surface area contributed by atoms with E-state index >= 15 is 0 Å². The van der Waals surface area contributed by atoms with Crippen LogP contribution in [0.4, 0.5) is 9.18 Å². The minimum absolute atomic E-state index is 0.183. The van der Waals surface area contributed by atoms with Gasteiger partial charge >= 0.3 is 12.1 Å². The molecule has 0 aromatic heterocycles. The summed E-state index contributed by atoms with van der Waals surface area (Å²) < 4.78 is 28.8. The second-order valence-electron chi connectivity index (χ2n) is 6.97. The first kappa shape index (κ1) is 19.2. The second-order valence-corrected chi connectivity index (χ2v) is 6.97. The number of carbonyl (C=O) groups excluding carboxylic acids is 2. The first-order valence-corrected chi connectivity index (χ1v) is 8.11. The molecule has 1 aliphatic rings. The van der Waals surface area contributed by atoms with Crippen molar-refractivity contribution in [3.8, 4) is 0 Å². The molecule has 0 radical (unpaired) electrons. The number of hydrogen-bond donors (Lipinski definition) is 0. The Hall–Kier alpha value is -2.15. The fourth-order valence-corrected chi connectivity index (χ4v) is 2.68. The summed E-state index contributed by atoms with van der Waals surface area (Å²) in [4.78, 5) is 25.2. The Morgan fingerprint density at radius 2 is 1.84 bits per heavy atom. The summed E-state index contributed by atoms with van der Waals surface area (Å²) >= 11 is 0. The van der Waals surface area contributed by atoms with E-state index in [0.717, 1.165) is 5.56 Å². The van der Waals surface area contributed by atoms with E-state index in [-0.39, 0.29) is 24.9 Å². The SMILES string of the molecule is COC(=O)COC1CN(C(=O)OC(C)(C)C)CC1c1ccc(F)cc1. The highest BCUT2D eigenvalue weighted by Gasteiger charge is 2.39. The smallest absolute Gasteiger partial charge is 0.410 e. The van der Waals surface area contributed by atoms with Crippen molar-refractivity contribution in [3.63, 3.8) is 0 Å². The van der Waals surface area contributed by atoms with E-state index in [1.165, 1.54) is 19.2 Å². The second kappa shape index (κ2) is 7.82. The summed E-state index contributed by atoms with van der Waals surface area (Å²) in [5.74, 6) is -1.01. The number of carbonyl (C=O) groups is 2. The Morgan fingerprint density at radius 3 is 2.40 bits per heavy atom. The highest BCUT2D eigenvalue weighted by atomic mass is 19.1. The molecule has 6 nitrogen and oxygen atoms in total. The molecule has 2 atom stereocenters. The van der Waals surface area contributed by atoms with Crippen molar-refractivity contribution in [2.75, 3.05) is 26.8 Å². The maximum absolute atomic E-state index is 13.2. The molecular weight excluding hydrogens is 329 g/mol. The molecule has 0 N–H and O–H groups in total. The van der Waals surface area contributed by atoms with E-state index in [2.05, 4.69) is 4.74 Å². The fraction of sp³-hybridized carbons (Fsp3) is 0.556. The van der Waals surface area contributed by atoms with Gasteiger partial charge in [-0.25, -0.2) is 14.0 Å². The third kappa shape index (κ3) is 5.42. The minimum Gasteiger partial charge on any atom is -0.467 e. The molecule has 2 unspecified atom stereocenters. The molecule has 25 heavy (non-hydrogen) atoms. The molecule has 1 amide bonds. The molecule has 1 aromatic rings. The van der Waals surface area contributed by atoms with Crippen LogP contribution in [-0.2, 0) is 19.0 Å². The predicted octanol–water partition coefficient (Wildman–Crippen LogP) is 2.72. The Kier molecular flexibility index (Phi) is 6.00. The van der Waals surface area contributed by atoms with Gasteiger partial charge in [-0.05, 0) is 38.5 Å². The molecule has 1 saturated heterocycles. The number of methoxy groups -OCH3 is 1. The van der Waals surface area contributed by atoms with Crippen LogP contribution in [0.25, 0.3) is 0 Å². The van der Waals surface area contributed by atoms with Gasteiger partial charge in [0.25, 0.3) is 0 Å². The number of amides is 1. The van der Waals surface area contributed by atoms with Crippen molar-refractivity contribution < 1.29 is 28.2 Å². The summed E-state index contributed by atoms with van der Waals surface area (Å²) in [7, 11) is 1.28. The minimum atomic E-state index is -0.604. The Morgan fingerprint density at radius 1 is 1.20 bits per heavy atom. The van der Waals surface area contributed by atoms with E-state index in [1.54, 1.807) is 37.8 Å². The Labute approximate surface area is 146 Å². The number of benzene rings is 1. The lowest BCUT2D eigenvalue weighted by atomic mass is 9.96. The van der Waals surface area contributed by atoms with E-state index in [9.17, 15) is 14.0 Å². The van der Waals surface area contributed by atoms with E-state index < -0.39 is 23.8 Å². The number of halogens is 1. The van der Waals surface area contributed by atoms with E-state index in [0.29, 0.717) is 6.54 Å². The van der Waals surface area contributed by atoms with Crippen molar-refractivity contribution in [1.29, 1.82) is 0 Å². The lowest BCUT2D eigenvalue weighted by molar-refractivity contribution is -0.147. The van der Waals surface area contributed by atoms with Crippen LogP contribution in [0.15, 0.2) is 24.3 Å². The number of rotatable bonds is 4. The van der Waals surface area contributed by atoms with Gasteiger partial charge in [-0.1, -0.05) is 12.1 Å². The van der Waals surface area contributed by atoms with Gasteiger partial charge in [0, 0.05) is 12.5 Å². The molecular formula is C18H24FNO5. The van der Waals surface area contributed by atoms with Gasteiger partial charge in [0.05, 0.1) is 19.8 Å². The van der Waals surface area contributed by atoms with E-state index in [1.807, 2.05) is 0 Å². The fourth-order valence-electron chi connectivity index (χ4n) is 2.68. The molecule has 0 saturated carbocycles. The summed E-state index contributed by atoms with van der Waals surface area (Å²) in [6.07, 6.45) is -0.846. The number of ether oxygens (including phenoxy) is 3. The molecule has 7 heteroatoms. The molecule has 0 spiro atoms. The molecule has 1 fully saturated rings. The quantitative estimate of drug-likeness (QED) is 0.779. The number of esters is 1. The highest BCUT2D eigenvalue weighted by Crippen LogP contribution is 2.31. The topological polar surface area (TPSA) is 65.1 Å². The van der Waals surface area contributed by atoms with E-state index in [4.69, 9.17) is 9.47 Å². The molecule has 1 aromatic carbocycles. The normalized spacial score (nSPS) is 20.4. The molecule has 1 heterocycles. The first-order chi connectivity index (χ1) is 11.7. The molecule has 0 bridgehead atoms. The third-order valence-corrected chi connectivity index (χ3v) is 3.86. The highest BCUT2D eigenvalue weighted by molar-refractivity contribution is 5.70.